The Morgan fingerprint density at radius 1 is 1.35 bits per heavy atom. The molecule has 86 valence electrons. The van der Waals surface area contributed by atoms with Gasteiger partial charge in [0, 0.05) is 17.0 Å². The van der Waals surface area contributed by atoms with Crippen LogP contribution in [0.2, 0.25) is 0 Å². The smallest absolute Gasteiger partial charge is 0.185 e. The maximum Gasteiger partial charge on any atom is 0.185 e. The van der Waals surface area contributed by atoms with Crippen LogP contribution in [-0.2, 0) is 6.61 Å². The predicted octanol–water partition coefficient (Wildman–Crippen LogP) is 0.778. The number of tetrazole rings is 1. The van der Waals surface area contributed by atoms with Gasteiger partial charge < -0.3 is 9.84 Å². The van der Waals surface area contributed by atoms with E-state index in [1.807, 2.05) is 24.3 Å². The Balaban J connectivity index is 2.45. The summed E-state index contributed by atoms with van der Waals surface area (Å²) in [5, 5.41) is 21.7. The quantitative estimate of drug-likeness (QED) is 0.704. The molecule has 0 amide bonds. The van der Waals surface area contributed by atoms with Crippen molar-refractivity contribution in [1.82, 2.24) is 20.0 Å². The number of fused-ring (bicyclic) bond motifs is 3. The van der Waals surface area contributed by atoms with E-state index in [1.165, 1.54) is 0 Å². The van der Waals surface area contributed by atoms with E-state index < -0.39 is 0 Å². The van der Waals surface area contributed by atoms with E-state index in [1.54, 1.807) is 11.6 Å². The summed E-state index contributed by atoms with van der Waals surface area (Å²) in [6.45, 7) is -0.0914. The van der Waals surface area contributed by atoms with Gasteiger partial charge in [0.15, 0.2) is 5.65 Å². The first-order valence-electron chi connectivity index (χ1n) is 5.12. The number of aromatic nitrogens is 4. The third kappa shape index (κ3) is 1.42. The molecule has 0 unspecified atom stereocenters. The van der Waals surface area contributed by atoms with Crippen molar-refractivity contribution in [3.05, 3.63) is 29.8 Å². The van der Waals surface area contributed by atoms with Crippen molar-refractivity contribution in [2.24, 2.45) is 0 Å². The largest absolute Gasteiger partial charge is 0.497 e. The summed E-state index contributed by atoms with van der Waals surface area (Å²) < 4.78 is 6.77. The Morgan fingerprint density at radius 3 is 3.00 bits per heavy atom. The summed E-state index contributed by atoms with van der Waals surface area (Å²) >= 11 is 0. The van der Waals surface area contributed by atoms with Crippen LogP contribution in [0.4, 0.5) is 0 Å². The summed E-state index contributed by atoms with van der Waals surface area (Å²) in [4.78, 5) is 0. The molecule has 1 N–H and O–H groups in total. The molecule has 3 aromatic rings. The zero-order valence-electron chi connectivity index (χ0n) is 9.16. The second kappa shape index (κ2) is 3.67. The molecular formula is C11H10N4O2. The molecule has 2 heterocycles. The van der Waals surface area contributed by atoms with Crippen LogP contribution < -0.4 is 4.74 Å². The second-order valence-electron chi connectivity index (χ2n) is 3.67. The SMILES string of the molecule is COc1ccc2cc(CO)c3nnnn3c2c1. The fourth-order valence-electron chi connectivity index (χ4n) is 1.87. The van der Waals surface area contributed by atoms with E-state index in [4.69, 9.17) is 4.74 Å². The number of methoxy groups -OCH3 is 1. The summed E-state index contributed by atoms with van der Waals surface area (Å²) in [7, 11) is 1.61. The first-order chi connectivity index (χ1) is 8.33. The van der Waals surface area contributed by atoms with Gasteiger partial charge in [-0.3, -0.25) is 0 Å². The number of pyridine rings is 1. The van der Waals surface area contributed by atoms with Gasteiger partial charge in [-0.05, 0) is 28.6 Å². The molecule has 0 aliphatic rings. The maximum atomic E-state index is 9.28. The molecule has 1 aromatic carbocycles. The van der Waals surface area contributed by atoms with Gasteiger partial charge in [0.25, 0.3) is 0 Å². The van der Waals surface area contributed by atoms with Crippen LogP contribution in [0.3, 0.4) is 0 Å². The molecule has 0 aliphatic carbocycles. The fourth-order valence-corrected chi connectivity index (χ4v) is 1.87. The van der Waals surface area contributed by atoms with Crippen LogP contribution in [-0.4, -0.2) is 32.3 Å². The Kier molecular flexibility index (Phi) is 2.15. The lowest BCUT2D eigenvalue weighted by Crippen LogP contribution is -1.97. The van der Waals surface area contributed by atoms with Crippen LogP contribution in [0.1, 0.15) is 5.56 Å². The normalized spacial score (nSPS) is 11.2. The van der Waals surface area contributed by atoms with E-state index in [0.29, 0.717) is 11.2 Å². The van der Waals surface area contributed by atoms with E-state index in [2.05, 4.69) is 15.5 Å². The molecule has 17 heavy (non-hydrogen) atoms. The van der Waals surface area contributed by atoms with Gasteiger partial charge in [-0.1, -0.05) is 0 Å². The maximum absolute atomic E-state index is 9.28. The predicted molar refractivity (Wildman–Crippen MR) is 60.8 cm³/mol. The number of rotatable bonds is 2. The fraction of sp³-hybridized carbons (Fsp3) is 0.182. The molecule has 6 nitrogen and oxygen atoms in total. The lowest BCUT2D eigenvalue weighted by molar-refractivity contribution is 0.283. The minimum atomic E-state index is -0.0914. The number of aliphatic hydroxyl groups is 1. The number of aliphatic hydroxyl groups excluding tert-OH is 1. The van der Waals surface area contributed by atoms with Crippen molar-refractivity contribution in [2.45, 2.75) is 6.61 Å². The third-order valence-corrected chi connectivity index (χ3v) is 2.72. The highest BCUT2D eigenvalue weighted by molar-refractivity contribution is 5.84. The topological polar surface area (TPSA) is 72.5 Å². The van der Waals surface area contributed by atoms with Crippen LogP contribution >= 0.6 is 0 Å². The van der Waals surface area contributed by atoms with Gasteiger partial charge in [0.1, 0.15) is 5.75 Å². The molecular weight excluding hydrogens is 220 g/mol. The molecule has 2 aromatic heterocycles. The second-order valence-corrected chi connectivity index (χ2v) is 3.67. The van der Waals surface area contributed by atoms with E-state index in [-0.39, 0.29) is 6.61 Å². The van der Waals surface area contributed by atoms with Gasteiger partial charge >= 0.3 is 0 Å². The lowest BCUT2D eigenvalue weighted by atomic mass is 10.1. The number of ether oxygens (including phenoxy) is 1. The minimum absolute atomic E-state index is 0.0914. The zero-order chi connectivity index (χ0) is 11.8. The van der Waals surface area contributed by atoms with Gasteiger partial charge in [-0.25, -0.2) is 0 Å². The molecule has 0 saturated heterocycles. The van der Waals surface area contributed by atoms with Crippen LogP contribution in [0.5, 0.6) is 5.75 Å². The molecule has 3 rings (SSSR count). The van der Waals surface area contributed by atoms with Crippen molar-refractivity contribution in [1.29, 1.82) is 0 Å². The summed E-state index contributed by atoms with van der Waals surface area (Å²) in [6.07, 6.45) is 0. The Morgan fingerprint density at radius 2 is 2.24 bits per heavy atom. The Labute approximate surface area is 96.4 Å². The monoisotopic (exact) mass is 230 g/mol. The zero-order valence-corrected chi connectivity index (χ0v) is 9.16. The molecule has 6 heteroatoms. The van der Waals surface area contributed by atoms with Gasteiger partial charge in [0.05, 0.1) is 19.2 Å². The molecule has 0 spiro atoms. The average molecular weight is 230 g/mol. The molecule has 0 bridgehead atoms. The van der Waals surface area contributed by atoms with Crippen LogP contribution in [0.25, 0.3) is 16.6 Å². The van der Waals surface area contributed by atoms with Crippen molar-refractivity contribution in [2.75, 3.05) is 7.11 Å². The Hall–Kier alpha value is -2.21. The molecule has 0 aliphatic heterocycles. The number of hydrogen-bond acceptors (Lipinski definition) is 5. The van der Waals surface area contributed by atoms with Gasteiger partial charge in [-0.15, -0.1) is 5.10 Å². The van der Waals surface area contributed by atoms with E-state index in [9.17, 15) is 5.11 Å². The van der Waals surface area contributed by atoms with Crippen LogP contribution in [0.15, 0.2) is 24.3 Å². The van der Waals surface area contributed by atoms with Crippen molar-refractivity contribution >= 4 is 16.6 Å². The first kappa shape index (κ1) is 9.98. The first-order valence-corrected chi connectivity index (χ1v) is 5.12. The lowest BCUT2D eigenvalue weighted by Gasteiger charge is -2.06. The van der Waals surface area contributed by atoms with Gasteiger partial charge in [0.2, 0.25) is 0 Å². The highest BCUT2D eigenvalue weighted by Gasteiger charge is 2.09. The summed E-state index contributed by atoms with van der Waals surface area (Å²) in [5.74, 6) is 0.742. The number of benzene rings is 1. The van der Waals surface area contributed by atoms with Gasteiger partial charge in [-0.2, -0.15) is 4.52 Å². The van der Waals surface area contributed by atoms with E-state index >= 15 is 0 Å². The highest BCUT2D eigenvalue weighted by atomic mass is 16.5. The Bertz CT molecular complexity index is 692. The highest BCUT2D eigenvalue weighted by Crippen LogP contribution is 2.23. The summed E-state index contributed by atoms with van der Waals surface area (Å²) in [5.41, 5.74) is 2.11. The van der Waals surface area contributed by atoms with Crippen molar-refractivity contribution in [3.63, 3.8) is 0 Å². The van der Waals surface area contributed by atoms with E-state index in [0.717, 1.165) is 16.7 Å². The third-order valence-electron chi connectivity index (χ3n) is 2.72. The standard InChI is InChI=1S/C11H10N4O2/c1-17-9-3-2-7-4-8(6-16)11-12-13-14-15(11)10(7)5-9/h2-5,16H,6H2,1H3. The molecule has 0 radical (unpaired) electrons. The van der Waals surface area contributed by atoms with Crippen LogP contribution in [0, 0.1) is 0 Å². The van der Waals surface area contributed by atoms with Crippen molar-refractivity contribution in [3.8, 4) is 5.75 Å². The number of hydrogen-bond donors (Lipinski definition) is 1. The molecule has 0 saturated carbocycles. The summed E-state index contributed by atoms with van der Waals surface area (Å²) in [6, 6.07) is 7.51. The number of nitrogens with zero attached hydrogens (tertiary/aromatic N) is 4. The van der Waals surface area contributed by atoms with Crippen molar-refractivity contribution < 1.29 is 9.84 Å². The molecule has 0 fully saturated rings. The average Bonchev–Trinajstić information content (AvgIpc) is 2.86. The minimum Gasteiger partial charge on any atom is -0.497 e. The molecule has 0 atom stereocenters.